The minimum atomic E-state index is -4.71. The van der Waals surface area contributed by atoms with Crippen molar-refractivity contribution < 1.29 is 32.2 Å². The number of carbonyl (C=O) groups excluding carboxylic acids is 3. The summed E-state index contributed by atoms with van der Waals surface area (Å²) in [6.45, 7) is 0. The predicted molar refractivity (Wildman–Crippen MR) is 72.7 cm³/mol. The van der Waals surface area contributed by atoms with Crippen LogP contribution in [0.2, 0.25) is 0 Å². The van der Waals surface area contributed by atoms with E-state index < -0.39 is 39.6 Å². The van der Waals surface area contributed by atoms with Crippen LogP contribution in [0.25, 0.3) is 0 Å². The Morgan fingerprint density at radius 2 is 1.91 bits per heavy atom. The van der Waals surface area contributed by atoms with E-state index in [1.165, 1.54) is 0 Å². The first-order valence-corrected chi connectivity index (χ1v) is 7.87. The molecule has 22 heavy (non-hydrogen) atoms. The molecule has 8 nitrogen and oxygen atoms in total. The quantitative estimate of drug-likeness (QED) is 0.601. The topological polar surface area (TPSA) is 118 Å². The number of hydrogen-bond acceptors (Lipinski definition) is 6. The highest BCUT2D eigenvalue weighted by Crippen LogP contribution is 2.20. The average molecular weight is 327 g/mol. The second-order valence-electron chi connectivity index (χ2n) is 4.68. The summed E-state index contributed by atoms with van der Waals surface area (Å²) in [5.41, 5.74) is 0.870. The fourth-order valence-electron chi connectivity index (χ4n) is 1.95. The summed E-state index contributed by atoms with van der Waals surface area (Å²) in [6, 6.07) is 9.01. The molecule has 1 saturated heterocycles. The lowest BCUT2D eigenvalue weighted by molar-refractivity contribution is -0.197. The largest absolute Gasteiger partial charge is 0.333 e. The van der Waals surface area contributed by atoms with E-state index in [1.54, 1.807) is 24.3 Å². The number of aryl methyl sites for hydroxylation is 1. The van der Waals surface area contributed by atoms with Crippen LogP contribution in [0.5, 0.6) is 0 Å². The van der Waals surface area contributed by atoms with E-state index in [0.717, 1.165) is 5.56 Å². The molecule has 2 rings (SSSR count). The highest BCUT2D eigenvalue weighted by atomic mass is 32.2. The van der Waals surface area contributed by atoms with Crippen LogP contribution in [0.4, 0.5) is 0 Å². The van der Waals surface area contributed by atoms with Gasteiger partial charge in [-0.1, -0.05) is 30.3 Å². The van der Waals surface area contributed by atoms with E-state index in [9.17, 15) is 22.8 Å². The molecular weight excluding hydrogens is 314 g/mol. The number of rotatable bonds is 5. The van der Waals surface area contributed by atoms with E-state index >= 15 is 0 Å². The van der Waals surface area contributed by atoms with Crippen molar-refractivity contribution in [2.45, 2.75) is 24.5 Å². The van der Waals surface area contributed by atoms with E-state index in [2.05, 4.69) is 4.84 Å². The Morgan fingerprint density at radius 3 is 2.45 bits per heavy atom. The number of benzene rings is 1. The third-order valence-electron chi connectivity index (χ3n) is 3.08. The monoisotopic (exact) mass is 327 g/mol. The van der Waals surface area contributed by atoms with Crippen LogP contribution in [0.3, 0.4) is 0 Å². The molecule has 1 atom stereocenters. The second-order valence-corrected chi connectivity index (χ2v) is 6.28. The Hall–Kier alpha value is -2.26. The number of carbonyl (C=O) groups is 3. The Balaban J connectivity index is 1.94. The molecule has 118 valence electrons. The van der Waals surface area contributed by atoms with Crippen molar-refractivity contribution in [3.63, 3.8) is 0 Å². The summed E-state index contributed by atoms with van der Waals surface area (Å²) in [5.74, 6) is -3.09. The van der Waals surface area contributed by atoms with Crippen LogP contribution in [0.1, 0.15) is 18.4 Å². The highest BCUT2D eigenvalue weighted by Gasteiger charge is 2.48. The predicted octanol–water partition coefficient (Wildman–Crippen LogP) is 0.0927. The summed E-state index contributed by atoms with van der Waals surface area (Å²) >= 11 is 0. The zero-order valence-electron chi connectivity index (χ0n) is 11.3. The molecule has 1 aromatic carbocycles. The van der Waals surface area contributed by atoms with Crippen molar-refractivity contribution in [1.82, 2.24) is 5.06 Å². The minimum absolute atomic E-state index is 0.0857. The van der Waals surface area contributed by atoms with E-state index in [4.69, 9.17) is 4.55 Å². The number of imide groups is 1. The molecule has 2 amide bonds. The van der Waals surface area contributed by atoms with Gasteiger partial charge in [0.15, 0.2) is 5.25 Å². The maximum atomic E-state index is 11.7. The van der Waals surface area contributed by atoms with Crippen molar-refractivity contribution in [3.8, 4) is 0 Å². The van der Waals surface area contributed by atoms with Crippen LogP contribution < -0.4 is 0 Å². The molecule has 1 heterocycles. The molecule has 0 aliphatic carbocycles. The molecule has 1 N–H and O–H groups in total. The van der Waals surface area contributed by atoms with Crippen LogP contribution in [-0.2, 0) is 35.8 Å². The van der Waals surface area contributed by atoms with Gasteiger partial charge in [0, 0.05) is 0 Å². The van der Waals surface area contributed by atoms with Gasteiger partial charge in [0.25, 0.3) is 21.9 Å². The molecule has 1 aliphatic heterocycles. The van der Waals surface area contributed by atoms with Gasteiger partial charge in [-0.25, -0.2) is 4.79 Å². The summed E-state index contributed by atoms with van der Waals surface area (Å²) in [6.07, 6.45) is -0.487. The minimum Gasteiger partial charge on any atom is -0.330 e. The second kappa shape index (κ2) is 6.24. The molecule has 0 spiro atoms. The lowest BCUT2D eigenvalue weighted by Gasteiger charge is -2.13. The van der Waals surface area contributed by atoms with Crippen LogP contribution in [0, 0.1) is 0 Å². The van der Waals surface area contributed by atoms with Gasteiger partial charge >= 0.3 is 5.97 Å². The number of amides is 2. The fraction of sp³-hybridized carbons (Fsp3) is 0.308. The first kappa shape index (κ1) is 16.1. The lowest BCUT2D eigenvalue weighted by atomic mass is 10.1. The van der Waals surface area contributed by atoms with Gasteiger partial charge in [0.1, 0.15) is 0 Å². The summed E-state index contributed by atoms with van der Waals surface area (Å²) in [7, 11) is -4.71. The van der Waals surface area contributed by atoms with Crippen LogP contribution in [-0.4, -0.2) is 41.1 Å². The van der Waals surface area contributed by atoms with Gasteiger partial charge in [0.05, 0.1) is 12.8 Å². The Morgan fingerprint density at radius 1 is 1.27 bits per heavy atom. The van der Waals surface area contributed by atoms with Crippen molar-refractivity contribution >= 4 is 27.9 Å². The molecule has 1 aromatic rings. The van der Waals surface area contributed by atoms with Crippen LogP contribution >= 0.6 is 0 Å². The van der Waals surface area contributed by atoms with Crippen molar-refractivity contribution in [2.75, 3.05) is 0 Å². The van der Waals surface area contributed by atoms with Gasteiger partial charge in [-0.2, -0.15) is 8.42 Å². The molecule has 9 heteroatoms. The molecule has 0 saturated carbocycles. The van der Waals surface area contributed by atoms with Gasteiger partial charge in [-0.15, -0.1) is 5.06 Å². The highest BCUT2D eigenvalue weighted by molar-refractivity contribution is 7.87. The van der Waals surface area contributed by atoms with Gasteiger partial charge in [-0.3, -0.25) is 14.1 Å². The first-order valence-electron chi connectivity index (χ1n) is 6.37. The number of hydrogen-bond donors (Lipinski definition) is 1. The standard InChI is InChI=1S/C13H13NO7S/c15-11-8-10(22(18,19)20)13(17)14(11)21-12(16)7-6-9-4-2-1-3-5-9/h1-5,10H,6-8H2,(H,18,19,20). The van der Waals surface area contributed by atoms with Crippen molar-refractivity contribution in [1.29, 1.82) is 0 Å². The van der Waals surface area contributed by atoms with E-state index in [-0.39, 0.29) is 11.5 Å². The van der Waals surface area contributed by atoms with E-state index in [0.29, 0.717) is 6.42 Å². The summed E-state index contributed by atoms with van der Waals surface area (Å²) in [4.78, 5) is 39.4. The molecule has 0 radical (unpaired) electrons. The molecule has 1 unspecified atom stereocenters. The molecule has 0 aromatic heterocycles. The summed E-state index contributed by atoms with van der Waals surface area (Å²) < 4.78 is 30.7. The maximum absolute atomic E-state index is 11.7. The van der Waals surface area contributed by atoms with Gasteiger partial charge in [0.2, 0.25) is 0 Å². The number of hydroxylamine groups is 2. The maximum Gasteiger partial charge on any atom is 0.333 e. The molecule has 1 fully saturated rings. The van der Waals surface area contributed by atoms with E-state index in [1.807, 2.05) is 6.07 Å². The normalized spacial score (nSPS) is 18.6. The van der Waals surface area contributed by atoms with Crippen molar-refractivity contribution in [2.24, 2.45) is 0 Å². The SMILES string of the molecule is O=C(CCc1ccccc1)ON1C(=O)CC(S(=O)(=O)O)C1=O. The number of nitrogens with zero attached hydrogens (tertiary/aromatic N) is 1. The van der Waals surface area contributed by atoms with Gasteiger partial charge < -0.3 is 4.84 Å². The average Bonchev–Trinajstić information content (AvgIpc) is 2.74. The van der Waals surface area contributed by atoms with Crippen LogP contribution in [0.15, 0.2) is 30.3 Å². The smallest absolute Gasteiger partial charge is 0.330 e. The Kier molecular flexibility index (Phi) is 4.57. The zero-order chi connectivity index (χ0) is 16.3. The third-order valence-corrected chi connectivity index (χ3v) is 4.16. The molecule has 1 aliphatic rings. The third kappa shape index (κ3) is 3.68. The van der Waals surface area contributed by atoms with Crippen molar-refractivity contribution in [3.05, 3.63) is 35.9 Å². The Bertz CT molecular complexity index is 698. The Labute approximate surface area is 126 Å². The fourth-order valence-corrected chi connectivity index (χ4v) is 2.65. The summed E-state index contributed by atoms with van der Waals surface area (Å²) in [5, 5.41) is -1.81. The lowest BCUT2D eigenvalue weighted by Crippen LogP contribution is -2.36. The van der Waals surface area contributed by atoms with Gasteiger partial charge in [-0.05, 0) is 12.0 Å². The first-order chi connectivity index (χ1) is 10.3. The molecular formula is C13H13NO7S. The zero-order valence-corrected chi connectivity index (χ0v) is 12.2. The molecule has 0 bridgehead atoms.